The van der Waals surface area contributed by atoms with E-state index in [0.29, 0.717) is 11.6 Å². The summed E-state index contributed by atoms with van der Waals surface area (Å²) in [5, 5.41) is 11.7. The van der Waals surface area contributed by atoms with Crippen molar-refractivity contribution in [1.82, 2.24) is 24.5 Å². The molecule has 118 valence electrons. The van der Waals surface area contributed by atoms with Gasteiger partial charge >= 0.3 is 0 Å². The van der Waals surface area contributed by atoms with E-state index >= 15 is 0 Å². The highest BCUT2D eigenvalue weighted by Crippen LogP contribution is 2.15. The van der Waals surface area contributed by atoms with Gasteiger partial charge in [0.2, 0.25) is 11.9 Å². The van der Waals surface area contributed by atoms with Crippen molar-refractivity contribution in [1.29, 1.82) is 0 Å². The molecular weight excluding hydrogens is 316 g/mol. The third-order valence-corrected chi connectivity index (χ3v) is 3.53. The fourth-order valence-corrected chi connectivity index (χ4v) is 2.29. The van der Waals surface area contributed by atoms with E-state index in [4.69, 9.17) is 11.6 Å². The SMILES string of the molecule is Cc1ccn(CC(=O)Nc2ncn(Cc3ccccc3Cl)n2)n1. The molecule has 23 heavy (non-hydrogen) atoms. The van der Waals surface area contributed by atoms with Crippen molar-refractivity contribution in [2.45, 2.75) is 20.0 Å². The van der Waals surface area contributed by atoms with Crippen LogP contribution < -0.4 is 5.32 Å². The Morgan fingerprint density at radius 2 is 2.04 bits per heavy atom. The zero-order chi connectivity index (χ0) is 16.2. The summed E-state index contributed by atoms with van der Waals surface area (Å²) in [6.45, 7) is 2.47. The standard InChI is InChI=1S/C15H15ClN6O/c1-11-6-7-21(19-11)9-14(23)18-15-17-10-22(20-15)8-12-4-2-3-5-13(12)16/h2-7,10H,8-9H2,1H3,(H,18,20,23). The average Bonchev–Trinajstić information content (AvgIpc) is 3.11. The van der Waals surface area contributed by atoms with Gasteiger partial charge in [0.15, 0.2) is 0 Å². The molecule has 0 fully saturated rings. The van der Waals surface area contributed by atoms with Crippen LogP contribution in [0.4, 0.5) is 5.95 Å². The van der Waals surface area contributed by atoms with Crippen molar-refractivity contribution in [2.75, 3.05) is 5.32 Å². The quantitative estimate of drug-likeness (QED) is 0.777. The molecule has 1 amide bonds. The van der Waals surface area contributed by atoms with Gasteiger partial charge < -0.3 is 0 Å². The van der Waals surface area contributed by atoms with E-state index in [2.05, 4.69) is 20.5 Å². The molecule has 0 radical (unpaired) electrons. The van der Waals surface area contributed by atoms with Gasteiger partial charge in [0.25, 0.3) is 0 Å². The summed E-state index contributed by atoms with van der Waals surface area (Å²) < 4.78 is 3.18. The van der Waals surface area contributed by atoms with Crippen LogP contribution in [0.2, 0.25) is 5.02 Å². The lowest BCUT2D eigenvalue weighted by atomic mass is 10.2. The average molecular weight is 331 g/mol. The summed E-state index contributed by atoms with van der Waals surface area (Å²) in [4.78, 5) is 16.0. The van der Waals surface area contributed by atoms with Gasteiger partial charge in [-0.2, -0.15) is 5.10 Å². The summed E-state index contributed by atoms with van der Waals surface area (Å²) in [5.41, 5.74) is 1.80. The minimum Gasteiger partial charge on any atom is -0.292 e. The van der Waals surface area contributed by atoms with Gasteiger partial charge in [0.05, 0.1) is 12.2 Å². The number of benzene rings is 1. The molecule has 3 rings (SSSR count). The lowest BCUT2D eigenvalue weighted by Gasteiger charge is -2.03. The molecule has 0 bridgehead atoms. The van der Waals surface area contributed by atoms with Crippen molar-refractivity contribution in [3.63, 3.8) is 0 Å². The van der Waals surface area contributed by atoms with Crippen LogP contribution in [0.3, 0.4) is 0 Å². The monoisotopic (exact) mass is 330 g/mol. The molecule has 3 aromatic rings. The lowest BCUT2D eigenvalue weighted by molar-refractivity contribution is -0.116. The maximum atomic E-state index is 11.9. The van der Waals surface area contributed by atoms with Gasteiger partial charge in [-0.05, 0) is 24.6 Å². The van der Waals surface area contributed by atoms with E-state index in [0.717, 1.165) is 11.3 Å². The van der Waals surface area contributed by atoms with Crippen molar-refractivity contribution in [3.8, 4) is 0 Å². The van der Waals surface area contributed by atoms with Gasteiger partial charge in [0, 0.05) is 11.2 Å². The Kier molecular flexibility index (Phi) is 4.38. The molecule has 2 aromatic heterocycles. The predicted molar refractivity (Wildman–Crippen MR) is 86.2 cm³/mol. The van der Waals surface area contributed by atoms with E-state index in [1.165, 1.54) is 0 Å². The Labute approximate surface area is 137 Å². The van der Waals surface area contributed by atoms with Crippen LogP contribution in [-0.4, -0.2) is 30.5 Å². The molecule has 0 unspecified atom stereocenters. The largest absolute Gasteiger partial charge is 0.292 e. The highest BCUT2D eigenvalue weighted by Gasteiger charge is 2.09. The van der Waals surface area contributed by atoms with Crippen molar-refractivity contribution >= 4 is 23.5 Å². The molecule has 0 aliphatic rings. The van der Waals surface area contributed by atoms with E-state index in [1.807, 2.05) is 37.3 Å². The van der Waals surface area contributed by atoms with Crippen LogP contribution in [0.1, 0.15) is 11.3 Å². The van der Waals surface area contributed by atoms with Crippen molar-refractivity contribution in [2.24, 2.45) is 0 Å². The Hall–Kier alpha value is -2.67. The first-order valence-electron chi connectivity index (χ1n) is 7.03. The number of nitrogens with one attached hydrogen (secondary N) is 1. The van der Waals surface area contributed by atoms with E-state index < -0.39 is 0 Å². The molecule has 1 aromatic carbocycles. The second-order valence-corrected chi connectivity index (χ2v) is 5.47. The third kappa shape index (κ3) is 3.95. The molecule has 0 atom stereocenters. The summed E-state index contributed by atoms with van der Waals surface area (Å²) >= 11 is 6.12. The molecule has 7 nitrogen and oxygen atoms in total. The minimum atomic E-state index is -0.233. The zero-order valence-corrected chi connectivity index (χ0v) is 13.2. The highest BCUT2D eigenvalue weighted by atomic mass is 35.5. The van der Waals surface area contributed by atoms with Crippen LogP contribution in [-0.2, 0) is 17.9 Å². The number of halogens is 1. The van der Waals surface area contributed by atoms with E-state index in [9.17, 15) is 4.79 Å². The molecule has 0 saturated heterocycles. The van der Waals surface area contributed by atoms with Gasteiger partial charge in [0.1, 0.15) is 12.9 Å². The van der Waals surface area contributed by atoms with Crippen molar-refractivity contribution in [3.05, 3.63) is 59.1 Å². The van der Waals surface area contributed by atoms with Crippen LogP contribution in [0, 0.1) is 6.92 Å². The summed E-state index contributed by atoms with van der Waals surface area (Å²) in [6, 6.07) is 9.36. The first kappa shape index (κ1) is 15.2. The second-order valence-electron chi connectivity index (χ2n) is 5.06. The molecule has 0 spiro atoms. The summed E-state index contributed by atoms with van der Waals surface area (Å²) in [7, 11) is 0. The Morgan fingerprint density at radius 1 is 1.22 bits per heavy atom. The molecule has 0 saturated carbocycles. The summed E-state index contributed by atoms with van der Waals surface area (Å²) in [5.74, 6) is 0.0227. The van der Waals surface area contributed by atoms with Crippen LogP contribution in [0.25, 0.3) is 0 Å². The molecule has 0 aliphatic heterocycles. The van der Waals surface area contributed by atoms with E-state index in [-0.39, 0.29) is 18.4 Å². The van der Waals surface area contributed by atoms with Crippen LogP contribution >= 0.6 is 11.6 Å². The second kappa shape index (κ2) is 6.62. The first-order chi connectivity index (χ1) is 11.1. The maximum absolute atomic E-state index is 11.9. The van der Waals surface area contributed by atoms with Gasteiger partial charge in [-0.1, -0.05) is 29.8 Å². The number of hydrogen-bond acceptors (Lipinski definition) is 4. The number of aromatic nitrogens is 5. The number of aryl methyl sites for hydroxylation is 1. The topological polar surface area (TPSA) is 77.6 Å². The van der Waals surface area contributed by atoms with Gasteiger partial charge in [-0.3, -0.25) is 14.8 Å². The Balaban J connectivity index is 1.61. The number of nitrogens with zero attached hydrogens (tertiary/aromatic N) is 5. The molecule has 2 heterocycles. The summed E-state index contributed by atoms with van der Waals surface area (Å²) in [6.07, 6.45) is 3.30. The van der Waals surface area contributed by atoms with Crippen LogP contribution in [0.15, 0.2) is 42.9 Å². The molecule has 0 aliphatic carbocycles. The van der Waals surface area contributed by atoms with E-state index in [1.54, 1.807) is 21.9 Å². The lowest BCUT2D eigenvalue weighted by Crippen LogP contribution is -2.20. The smallest absolute Gasteiger partial charge is 0.248 e. The Morgan fingerprint density at radius 3 is 2.78 bits per heavy atom. The van der Waals surface area contributed by atoms with Gasteiger partial charge in [-0.25, -0.2) is 9.67 Å². The number of carbonyl (C=O) groups excluding carboxylic acids is 1. The van der Waals surface area contributed by atoms with Crippen molar-refractivity contribution < 1.29 is 4.79 Å². The highest BCUT2D eigenvalue weighted by molar-refractivity contribution is 6.31. The number of rotatable bonds is 5. The molecular formula is C15H15ClN6O. The van der Waals surface area contributed by atoms with Gasteiger partial charge in [-0.15, -0.1) is 5.10 Å². The number of carbonyl (C=O) groups is 1. The minimum absolute atomic E-state index is 0.118. The number of hydrogen-bond donors (Lipinski definition) is 1. The fraction of sp³-hybridized carbons (Fsp3) is 0.200. The predicted octanol–water partition coefficient (Wildman–Crippen LogP) is 2.12. The number of amides is 1. The molecule has 1 N–H and O–H groups in total. The third-order valence-electron chi connectivity index (χ3n) is 3.16. The van der Waals surface area contributed by atoms with Crippen LogP contribution in [0.5, 0.6) is 0 Å². The zero-order valence-electron chi connectivity index (χ0n) is 12.5. The Bertz CT molecular complexity index is 825. The fourth-order valence-electron chi connectivity index (χ4n) is 2.09. The maximum Gasteiger partial charge on any atom is 0.248 e. The normalized spacial score (nSPS) is 10.7. The number of anilines is 1. The first-order valence-corrected chi connectivity index (χ1v) is 7.41. The molecule has 8 heteroatoms.